The molecule has 0 amide bonds. The third-order valence-corrected chi connectivity index (χ3v) is 7.43. The number of rotatable bonds is 2. The molecule has 0 saturated carbocycles. The van der Waals surface area contributed by atoms with Gasteiger partial charge in [0.2, 0.25) is 10.0 Å². The molecule has 7 heteroatoms. The molecule has 144 valence electrons. The van der Waals surface area contributed by atoms with E-state index in [2.05, 4.69) is 4.90 Å². The third kappa shape index (κ3) is 3.47. The number of halogens is 1. The van der Waals surface area contributed by atoms with Crippen LogP contribution in [0.25, 0.3) is 0 Å². The third-order valence-electron chi connectivity index (χ3n) is 5.50. The van der Waals surface area contributed by atoms with E-state index in [1.807, 2.05) is 6.07 Å². The molecular formula is C20H23FN2O3S. The van der Waals surface area contributed by atoms with Gasteiger partial charge in [-0.15, -0.1) is 0 Å². The lowest BCUT2D eigenvalue weighted by Crippen LogP contribution is -2.44. The van der Waals surface area contributed by atoms with E-state index < -0.39 is 10.0 Å². The van der Waals surface area contributed by atoms with Crippen LogP contribution in [0.2, 0.25) is 0 Å². The Balaban J connectivity index is 1.58. The Bertz CT molecular complexity index is 934. The monoisotopic (exact) mass is 390 g/mol. The Morgan fingerprint density at radius 3 is 2.59 bits per heavy atom. The zero-order chi connectivity index (χ0) is 19.0. The van der Waals surface area contributed by atoms with E-state index in [4.69, 9.17) is 4.74 Å². The highest BCUT2D eigenvalue weighted by Crippen LogP contribution is 2.35. The molecule has 2 atom stereocenters. The van der Waals surface area contributed by atoms with Gasteiger partial charge >= 0.3 is 0 Å². The van der Waals surface area contributed by atoms with E-state index in [1.165, 1.54) is 10.4 Å². The molecule has 0 bridgehead atoms. The van der Waals surface area contributed by atoms with Crippen molar-refractivity contribution < 1.29 is 17.5 Å². The van der Waals surface area contributed by atoms with Crippen LogP contribution in [-0.4, -0.2) is 49.9 Å². The molecule has 27 heavy (non-hydrogen) atoms. The van der Waals surface area contributed by atoms with Gasteiger partial charge in [-0.05, 0) is 31.0 Å². The molecule has 1 saturated heterocycles. The van der Waals surface area contributed by atoms with E-state index in [1.54, 1.807) is 43.4 Å². The molecule has 4 rings (SSSR count). The second-order valence-electron chi connectivity index (χ2n) is 7.14. The predicted molar refractivity (Wildman–Crippen MR) is 101 cm³/mol. The van der Waals surface area contributed by atoms with Gasteiger partial charge in [0, 0.05) is 32.2 Å². The van der Waals surface area contributed by atoms with Gasteiger partial charge in [-0.3, -0.25) is 4.90 Å². The van der Waals surface area contributed by atoms with Gasteiger partial charge in [-0.1, -0.05) is 30.3 Å². The van der Waals surface area contributed by atoms with Crippen LogP contribution in [-0.2, 0) is 16.6 Å². The van der Waals surface area contributed by atoms with Crippen LogP contribution >= 0.6 is 0 Å². The average molecular weight is 390 g/mol. The molecule has 2 aliphatic heterocycles. The molecule has 0 aromatic heterocycles. The van der Waals surface area contributed by atoms with Gasteiger partial charge in [-0.25, -0.2) is 12.8 Å². The van der Waals surface area contributed by atoms with E-state index in [0.717, 1.165) is 6.54 Å². The highest BCUT2D eigenvalue weighted by Gasteiger charge is 2.41. The first kappa shape index (κ1) is 18.4. The summed E-state index contributed by atoms with van der Waals surface area (Å²) in [6.45, 7) is 1.93. The largest absolute Gasteiger partial charge is 0.487 e. The minimum atomic E-state index is -3.60. The maximum Gasteiger partial charge on any atom is 0.246 e. The molecule has 0 spiro atoms. The van der Waals surface area contributed by atoms with Gasteiger partial charge in [0.25, 0.3) is 0 Å². The smallest absolute Gasteiger partial charge is 0.246 e. The van der Waals surface area contributed by atoms with Gasteiger partial charge in [0.05, 0.1) is 6.04 Å². The topological polar surface area (TPSA) is 49.9 Å². The SMILES string of the molecule is CN1[C@@H]2CCN(Cc3ccccc3F)CC[C@H]2Oc2ccccc2S1(=O)=O. The van der Waals surface area contributed by atoms with Crippen molar-refractivity contribution in [3.8, 4) is 5.75 Å². The number of nitrogens with zero attached hydrogens (tertiary/aromatic N) is 2. The highest BCUT2D eigenvalue weighted by molar-refractivity contribution is 7.89. The van der Waals surface area contributed by atoms with Crippen LogP contribution in [0.4, 0.5) is 4.39 Å². The maximum absolute atomic E-state index is 14.0. The first-order valence-corrected chi connectivity index (χ1v) is 10.6. The molecule has 0 radical (unpaired) electrons. The molecule has 0 unspecified atom stereocenters. The summed E-state index contributed by atoms with van der Waals surface area (Å²) < 4.78 is 47.6. The van der Waals surface area contributed by atoms with Crippen molar-refractivity contribution in [2.45, 2.75) is 36.4 Å². The molecule has 5 nitrogen and oxygen atoms in total. The second-order valence-corrected chi connectivity index (χ2v) is 9.10. The Labute approximate surface area is 159 Å². The molecule has 0 aliphatic carbocycles. The van der Waals surface area contributed by atoms with Gasteiger partial charge < -0.3 is 4.74 Å². The van der Waals surface area contributed by atoms with Crippen LogP contribution < -0.4 is 4.74 Å². The molecule has 2 aliphatic rings. The number of sulfonamides is 1. The quantitative estimate of drug-likeness (QED) is 0.791. The zero-order valence-corrected chi connectivity index (χ0v) is 16.0. The van der Waals surface area contributed by atoms with Crippen molar-refractivity contribution in [3.05, 3.63) is 59.9 Å². The number of benzene rings is 2. The first-order chi connectivity index (χ1) is 13.0. The second kappa shape index (κ2) is 7.22. The fourth-order valence-corrected chi connectivity index (χ4v) is 5.48. The fraction of sp³-hybridized carbons (Fsp3) is 0.400. The number of ether oxygens (including phenoxy) is 1. The Kier molecular flexibility index (Phi) is 4.92. The first-order valence-electron chi connectivity index (χ1n) is 9.16. The minimum absolute atomic E-state index is 0.208. The van der Waals surface area contributed by atoms with E-state index in [9.17, 15) is 12.8 Å². The van der Waals surface area contributed by atoms with Gasteiger partial charge in [-0.2, -0.15) is 4.31 Å². The van der Waals surface area contributed by atoms with Crippen molar-refractivity contribution in [2.75, 3.05) is 20.1 Å². The van der Waals surface area contributed by atoms with Crippen LogP contribution in [0, 0.1) is 5.82 Å². The van der Waals surface area contributed by atoms with E-state index in [0.29, 0.717) is 37.2 Å². The number of fused-ring (bicyclic) bond motifs is 2. The van der Waals surface area contributed by atoms with Gasteiger partial charge in [0.1, 0.15) is 22.6 Å². The lowest BCUT2D eigenvalue weighted by atomic mass is 10.1. The average Bonchev–Trinajstić information content (AvgIpc) is 2.89. The van der Waals surface area contributed by atoms with Crippen LogP contribution in [0.5, 0.6) is 5.75 Å². The van der Waals surface area contributed by atoms with Crippen molar-refractivity contribution >= 4 is 10.0 Å². The van der Waals surface area contributed by atoms with Crippen molar-refractivity contribution in [2.24, 2.45) is 0 Å². The molecule has 2 aromatic carbocycles. The van der Waals surface area contributed by atoms with Gasteiger partial charge in [0.15, 0.2) is 0 Å². The zero-order valence-electron chi connectivity index (χ0n) is 15.2. The fourth-order valence-electron chi connectivity index (χ4n) is 3.95. The van der Waals surface area contributed by atoms with Crippen LogP contribution in [0.3, 0.4) is 0 Å². The van der Waals surface area contributed by atoms with E-state index >= 15 is 0 Å². The standard InChI is InChI=1S/C20H23FN2O3S/c1-22-17-10-12-23(14-15-6-2-3-7-16(15)21)13-11-18(17)26-19-8-4-5-9-20(19)27(22,24)25/h2-9,17-18H,10-14H2,1H3/t17-,18-/m1/s1. The number of likely N-dealkylation sites (N-methyl/N-ethyl adjacent to an activating group) is 1. The van der Waals surface area contributed by atoms with Crippen molar-refractivity contribution in [1.82, 2.24) is 9.21 Å². The van der Waals surface area contributed by atoms with Crippen LogP contribution in [0.15, 0.2) is 53.4 Å². The highest BCUT2D eigenvalue weighted by atomic mass is 32.2. The summed E-state index contributed by atoms with van der Waals surface area (Å²) in [4.78, 5) is 2.40. The van der Waals surface area contributed by atoms with Crippen LogP contribution in [0.1, 0.15) is 18.4 Å². The lowest BCUT2D eigenvalue weighted by Gasteiger charge is -2.28. The summed E-state index contributed by atoms with van der Waals surface area (Å²) in [5.74, 6) is 0.209. The predicted octanol–water partition coefficient (Wildman–Crippen LogP) is 2.87. The molecule has 0 N–H and O–H groups in total. The maximum atomic E-state index is 14.0. The number of hydrogen-bond donors (Lipinski definition) is 0. The summed E-state index contributed by atoms with van der Waals surface area (Å²) in [5, 5.41) is 0. The minimum Gasteiger partial charge on any atom is -0.487 e. The molecule has 2 heterocycles. The number of para-hydroxylation sites is 1. The molecule has 1 fully saturated rings. The molecule has 2 aromatic rings. The summed E-state index contributed by atoms with van der Waals surface area (Å²) >= 11 is 0. The summed E-state index contributed by atoms with van der Waals surface area (Å²) in [7, 11) is -1.97. The summed E-state index contributed by atoms with van der Waals surface area (Å²) in [6.07, 6.45) is 1.11. The van der Waals surface area contributed by atoms with Crippen molar-refractivity contribution in [3.63, 3.8) is 0 Å². The van der Waals surface area contributed by atoms with E-state index in [-0.39, 0.29) is 22.9 Å². The Morgan fingerprint density at radius 2 is 1.78 bits per heavy atom. The molecular weight excluding hydrogens is 367 g/mol. The number of hydrogen-bond acceptors (Lipinski definition) is 4. The summed E-state index contributed by atoms with van der Waals surface area (Å²) in [5.41, 5.74) is 0.659. The normalized spacial score (nSPS) is 25.6. The lowest BCUT2D eigenvalue weighted by molar-refractivity contribution is 0.122. The van der Waals surface area contributed by atoms with Crippen molar-refractivity contribution in [1.29, 1.82) is 0 Å². The summed E-state index contributed by atoms with van der Waals surface area (Å²) in [6, 6.07) is 13.3. The Morgan fingerprint density at radius 1 is 1.07 bits per heavy atom. The Hall–Kier alpha value is -1.96. The number of likely N-dealkylation sites (tertiary alicyclic amines) is 1.